The van der Waals surface area contributed by atoms with Gasteiger partial charge in [-0.15, -0.1) is 32.9 Å². The van der Waals surface area contributed by atoms with Gasteiger partial charge >= 0.3 is 5.97 Å². The van der Waals surface area contributed by atoms with Crippen LogP contribution in [0.2, 0.25) is 0 Å². The summed E-state index contributed by atoms with van der Waals surface area (Å²) in [6.07, 6.45) is 0. The second-order valence-corrected chi connectivity index (χ2v) is 13.7. The molecule has 5 rings (SSSR count). The summed E-state index contributed by atoms with van der Waals surface area (Å²) in [5, 5.41) is 22.3. The Kier molecular flexibility index (Phi) is 9.46. The molecule has 41 heavy (non-hydrogen) atoms. The SMILES string of the molecule is O=C(Nc1nncs1)c1sccc1NS(=O)(=O)c1ccccc1.O=C(O)c1sccc1NS(=O)(=O)c1ccccc1. The summed E-state index contributed by atoms with van der Waals surface area (Å²) in [6, 6.07) is 18.7. The van der Waals surface area contributed by atoms with Gasteiger partial charge in [0.25, 0.3) is 26.0 Å². The zero-order valence-corrected chi connectivity index (χ0v) is 24.6. The maximum absolute atomic E-state index is 12.3. The number of nitrogens with zero attached hydrogens (tertiary/aromatic N) is 2. The van der Waals surface area contributed by atoms with E-state index >= 15 is 0 Å². The number of anilines is 3. The van der Waals surface area contributed by atoms with Crippen molar-refractivity contribution in [1.29, 1.82) is 0 Å². The molecule has 1 amide bonds. The normalized spacial score (nSPS) is 11.1. The van der Waals surface area contributed by atoms with E-state index < -0.39 is 31.9 Å². The van der Waals surface area contributed by atoms with Crippen molar-refractivity contribution in [3.8, 4) is 0 Å². The van der Waals surface area contributed by atoms with Crippen LogP contribution in [0.4, 0.5) is 16.5 Å². The topological polar surface area (TPSA) is 185 Å². The fraction of sp³-hybridized carbons (Fsp3) is 0. The minimum Gasteiger partial charge on any atom is -0.477 e. The maximum atomic E-state index is 12.3. The Morgan fingerprint density at radius 1 is 0.683 bits per heavy atom. The highest BCUT2D eigenvalue weighted by Gasteiger charge is 2.21. The van der Waals surface area contributed by atoms with Gasteiger partial charge in [-0.2, -0.15) is 0 Å². The first-order valence-corrected chi connectivity index (χ1v) is 16.8. The van der Waals surface area contributed by atoms with E-state index in [1.165, 1.54) is 52.6 Å². The molecule has 0 aliphatic heterocycles. The molecule has 17 heteroatoms. The lowest BCUT2D eigenvalue weighted by Crippen LogP contribution is -2.17. The number of carbonyl (C=O) groups is 2. The first-order valence-electron chi connectivity index (χ1n) is 11.2. The average molecular weight is 650 g/mol. The van der Waals surface area contributed by atoms with Crippen molar-refractivity contribution in [3.05, 3.63) is 98.8 Å². The zero-order valence-electron chi connectivity index (χ0n) is 20.5. The second kappa shape index (κ2) is 13.0. The third-order valence-corrected chi connectivity index (χ3v) is 10.1. The summed E-state index contributed by atoms with van der Waals surface area (Å²) in [6.45, 7) is 0. The number of hydrogen-bond donors (Lipinski definition) is 4. The number of aromatic carboxylic acids is 1. The van der Waals surface area contributed by atoms with Gasteiger partial charge in [-0.3, -0.25) is 19.6 Å². The van der Waals surface area contributed by atoms with Crippen LogP contribution in [-0.4, -0.2) is 44.0 Å². The van der Waals surface area contributed by atoms with Crippen molar-refractivity contribution >= 4 is 82.4 Å². The molecule has 2 aromatic carbocycles. The molecule has 5 aromatic rings. The Bertz CT molecular complexity index is 1840. The molecule has 0 spiro atoms. The molecule has 0 saturated heterocycles. The lowest BCUT2D eigenvalue weighted by molar-refractivity contribution is 0.0703. The van der Waals surface area contributed by atoms with Gasteiger partial charge in [0.1, 0.15) is 15.3 Å². The van der Waals surface area contributed by atoms with Gasteiger partial charge in [0.2, 0.25) is 5.13 Å². The molecule has 0 radical (unpaired) electrons. The van der Waals surface area contributed by atoms with Crippen LogP contribution < -0.4 is 14.8 Å². The number of thiophene rings is 2. The Hall–Kier alpha value is -4.16. The van der Waals surface area contributed by atoms with Crippen molar-refractivity contribution in [1.82, 2.24) is 10.2 Å². The summed E-state index contributed by atoms with van der Waals surface area (Å²) >= 11 is 3.28. The number of sulfonamides is 2. The number of carboxylic acid groups (broad SMARTS) is 1. The second-order valence-electron chi connectivity index (χ2n) is 7.67. The van der Waals surface area contributed by atoms with Gasteiger partial charge < -0.3 is 5.11 Å². The quantitative estimate of drug-likeness (QED) is 0.172. The van der Waals surface area contributed by atoms with Crippen molar-refractivity contribution in [2.45, 2.75) is 9.79 Å². The lowest BCUT2D eigenvalue weighted by atomic mass is 10.4. The van der Waals surface area contributed by atoms with Crippen molar-refractivity contribution < 1.29 is 31.5 Å². The standard InChI is InChI=1S/C13H10N4O3S3.C11H9NO4S2/c18-12(15-13-16-14-8-22-13)11-10(6-7-21-11)17-23(19,20)9-4-2-1-3-5-9;13-11(14)10-9(6-7-17-10)12-18(15,16)8-4-2-1-3-5-8/h1-8,17H,(H,15,16,18);1-7,12H,(H,13,14). The summed E-state index contributed by atoms with van der Waals surface area (Å²) in [4.78, 5) is 23.5. The first-order chi connectivity index (χ1) is 19.6. The van der Waals surface area contributed by atoms with E-state index in [2.05, 4.69) is 25.0 Å². The Morgan fingerprint density at radius 2 is 1.17 bits per heavy atom. The van der Waals surface area contributed by atoms with Crippen LogP contribution in [0.3, 0.4) is 0 Å². The Morgan fingerprint density at radius 3 is 1.63 bits per heavy atom. The smallest absolute Gasteiger partial charge is 0.348 e. The van der Waals surface area contributed by atoms with E-state index in [-0.39, 0.29) is 30.9 Å². The highest BCUT2D eigenvalue weighted by atomic mass is 32.2. The Balaban J connectivity index is 0.000000195. The number of rotatable bonds is 9. The van der Waals surface area contributed by atoms with Gasteiger partial charge in [-0.25, -0.2) is 21.6 Å². The molecular formula is C24H19N5O7S5. The predicted octanol–water partition coefficient (Wildman–Crippen LogP) is 4.90. The number of carbonyl (C=O) groups excluding carboxylic acids is 1. The van der Waals surface area contributed by atoms with Gasteiger partial charge in [0.15, 0.2) is 0 Å². The van der Waals surface area contributed by atoms with Crippen LogP contribution in [0, 0.1) is 0 Å². The summed E-state index contributed by atoms with van der Waals surface area (Å²) in [7, 11) is -7.50. The molecule has 12 nitrogen and oxygen atoms in total. The molecule has 3 heterocycles. The van der Waals surface area contributed by atoms with E-state index in [0.29, 0.717) is 5.13 Å². The van der Waals surface area contributed by atoms with Crippen LogP contribution in [0.5, 0.6) is 0 Å². The van der Waals surface area contributed by atoms with E-state index in [9.17, 15) is 26.4 Å². The van der Waals surface area contributed by atoms with Crippen LogP contribution in [0.15, 0.2) is 98.9 Å². The summed E-state index contributed by atoms with van der Waals surface area (Å²) in [5.74, 6) is -1.60. The third-order valence-electron chi connectivity index (χ3n) is 4.91. The highest BCUT2D eigenvalue weighted by Crippen LogP contribution is 2.27. The average Bonchev–Trinajstić information content (AvgIpc) is 3.73. The molecule has 212 valence electrons. The molecule has 0 unspecified atom stereocenters. The summed E-state index contributed by atoms with van der Waals surface area (Å²) < 4.78 is 53.3. The first kappa shape index (κ1) is 29.8. The molecular weight excluding hydrogens is 631 g/mol. The molecule has 3 aromatic heterocycles. The number of hydrogen-bond acceptors (Lipinski definition) is 11. The van der Waals surface area contributed by atoms with E-state index in [0.717, 1.165) is 22.7 Å². The number of amides is 1. The minimum atomic E-state index is -3.75. The largest absolute Gasteiger partial charge is 0.477 e. The van der Waals surface area contributed by atoms with Crippen LogP contribution in [-0.2, 0) is 20.0 Å². The van der Waals surface area contributed by atoms with Crippen molar-refractivity contribution in [3.63, 3.8) is 0 Å². The predicted molar refractivity (Wildman–Crippen MR) is 158 cm³/mol. The number of benzene rings is 2. The molecule has 0 aliphatic rings. The number of aromatic nitrogens is 2. The van der Waals surface area contributed by atoms with Gasteiger partial charge in [-0.05, 0) is 47.2 Å². The van der Waals surface area contributed by atoms with E-state index in [4.69, 9.17) is 5.11 Å². The van der Waals surface area contributed by atoms with E-state index in [1.807, 2.05) is 0 Å². The summed E-state index contributed by atoms with van der Waals surface area (Å²) in [5.41, 5.74) is 1.79. The number of nitrogens with one attached hydrogen (secondary N) is 3. The molecule has 0 atom stereocenters. The minimum absolute atomic E-state index is 0.0329. The van der Waals surface area contributed by atoms with Crippen molar-refractivity contribution in [2.75, 3.05) is 14.8 Å². The van der Waals surface area contributed by atoms with Gasteiger partial charge in [-0.1, -0.05) is 47.7 Å². The number of carboxylic acids is 1. The fourth-order valence-corrected chi connectivity index (χ4v) is 7.30. The van der Waals surface area contributed by atoms with Crippen LogP contribution in [0.25, 0.3) is 0 Å². The zero-order chi connectivity index (χ0) is 29.5. The highest BCUT2D eigenvalue weighted by molar-refractivity contribution is 7.93. The van der Waals surface area contributed by atoms with Crippen molar-refractivity contribution in [2.24, 2.45) is 0 Å². The maximum Gasteiger partial charge on any atom is 0.348 e. The Labute approximate surface area is 246 Å². The van der Waals surface area contributed by atoms with Crippen LogP contribution in [0.1, 0.15) is 19.3 Å². The van der Waals surface area contributed by atoms with Gasteiger partial charge in [0.05, 0.1) is 21.2 Å². The van der Waals surface area contributed by atoms with E-state index in [1.54, 1.807) is 47.8 Å². The molecule has 0 aliphatic carbocycles. The molecule has 4 N–H and O–H groups in total. The van der Waals surface area contributed by atoms with Crippen LogP contribution >= 0.6 is 34.0 Å². The molecule has 0 bridgehead atoms. The van der Waals surface area contributed by atoms with Gasteiger partial charge in [0, 0.05) is 0 Å². The lowest BCUT2D eigenvalue weighted by Gasteiger charge is -2.08. The molecule has 0 fully saturated rings. The fourth-order valence-electron chi connectivity index (χ4n) is 3.11. The molecule has 0 saturated carbocycles. The monoisotopic (exact) mass is 649 g/mol. The third kappa shape index (κ3) is 7.74.